The van der Waals surface area contributed by atoms with Crippen LogP contribution in [0, 0.1) is 11.3 Å². The van der Waals surface area contributed by atoms with Crippen molar-refractivity contribution in [3.63, 3.8) is 0 Å². The number of benzene rings is 1. The molecule has 0 saturated heterocycles. The fraction of sp³-hybridized carbons (Fsp3) is 0.500. The molecule has 1 atom stereocenters. The van der Waals surface area contributed by atoms with E-state index in [9.17, 15) is 9.59 Å². The van der Waals surface area contributed by atoms with Crippen LogP contribution in [-0.2, 0) is 4.79 Å². The first-order valence-electron chi connectivity index (χ1n) is 6.69. The average molecular weight is 261 g/mol. The molecule has 1 N–H and O–H groups in total. The van der Waals surface area contributed by atoms with Crippen LogP contribution in [0.3, 0.4) is 0 Å². The highest BCUT2D eigenvalue weighted by Gasteiger charge is 2.31. The number of aldehydes is 1. The Hall–Kier alpha value is -1.64. The first-order chi connectivity index (χ1) is 8.86. The predicted octanol–water partition coefficient (Wildman–Crippen LogP) is 3.06. The first kappa shape index (κ1) is 15.4. The molecule has 0 heterocycles. The van der Waals surface area contributed by atoms with Crippen LogP contribution in [-0.4, -0.2) is 18.2 Å². The van der Waals surface area contributed by atoms with E-state index >= 15 is 0 Å². The Kier molecular flexibility index (Phi) is 5.28. The van der Waals surface area contributed by atoms with Gasteiger partial charge in [0.2, 0.25) is 0 Å². The SMILES string of the molecule is CC(C)C[C@H](NC(=O)c1ccccc1)C(C)(C)C=O. The lowest BCUT2D eigenvalue weighted by Gasteiger charge is -2.31. The molecule has 0 aliphatic rings. The molecule has 0 aliphatic heterocycles. The van der Waals surface area contributed by atoms with E-state index in [4.69, 9.17) is 0 Å². The summed E-state index contributed by atoms with van der Waals surface area (Å²) in [5.74, 6) is 0.293. The molecule has 104 valence electrons. The molecule has 3 heteroatoms. The van der Waals surface area contributed by atoms with E-state index in [1.165, 1.54) is 0 Å². The number of rotatable bonds is 6. The molecule has 1 rings (SSSR count). The Morgan fingerprint density at radius 3 is 2.32 bits per heavy atom. The zero-order chi connectivity index (χ0) is 14.5. The lowest BCUT2D eigenvalue weighted by atomic mass is 9.81. The first-order valence-corrected chi connectivity index (χ1v) is 6.69. The molecule has 0 bridgehead atoms. The van der Waals surface area contributed by atoms with Gasteiger partial charge in [-0.3, -0.25) is 4.79 Å². The maximum absolute atomic E-state index is 12.2. The van der Waals surface area contributed by atoms with E-state index < -0.39 is 5.41 Å². The van der Waals surface area contributed by atoms with E-state index in [0.29, 0.717) is 11.5 Å². The van der Waals surface area contributed by atoms with Gasteiger partial charge < -0.3 is 10.1 Å². The standard InChI is InChI=1S/C16H23NO2/c1-12(2)10-14(16(3,4)11-18)17-15(19)13-8-6-5-7-9-13/h5-9,11-12,14H,10H2,1-4H3,(H,17,19)/t14-/m0/s1. The largest absolute Gasteiger partial charge is 0.348 e. The monoisotopic (exact) mass is 261 g/mol. The normalized spacial score (nSPS) is 13.1. The van der Waals surface area contributed by atoms with Gasteiger partial charge in [0.1, 0.15) is 6.29 Å². The van der Waals surface area contributed by atoms with E-state index in [0.717, 1.165) is 12.7 Å². The van der Waals surface area contributed by atoms with Gasteiger partial charge in [-0.1, -0.05) is 45.9 Å². The van der Waals surface area contributed by atoms with Gasteiger partial charge in [0, 0.05) is 17.0 Å². The Morgan fingerprint density at radius 1 is 1.26 bits per heavy atom. The molecule has 0 fully saturated rings. The molecule has 1 aromatic carbocycles. The summed E-state index contributed by atoms with van der Waals surface area (Å²) >= 11 is 0. The molecular weight excluding hydrogens is 238 g/mol. The summed E-state index contributed by atoms with van der Waals surface area (Å²) in [5.41, 5.74) is 0.0623. The second-order valence-electron chi connectivity index (χ2n) is 5.96. The van der Waals surface area contributed by atoms with Gasteiger partial charge in [0.05, 0.1) is 0 Å². The second kappa shape index (κ2) is 6.50. The minimum absolute atomic E-state index is 0.124. The minimum atomic E-state index is -0.561. The molecule has 0 aromatic heterocycles. The van der Waals surface area contributed by atoms with E-state index in [-0.39, 0.29) is 11.9 Å². The van der Waals surface area contributed by atoms with Crippen molar-refractivity contribution in [1.29, 1.82) is 0 Å². The maximum Gasteiger partial charge on any atom is 0.251 e. The highest BCUT2D eigenvalue weighted by atomic mass is 16.1. The van der Waals surface area contributed by atoms with Gasteiger partial charge in [0.15, 0.2) is 0 Å². The quantitative estimate of drug-likeness (QED) is 0.800. The summed E-state index contributed by atoms with van der Waals surface area (Å²) in [7, 11) is 0. The van der Waals surface area contributed by atoms with Crippen molar-refractivity contribution in [1.82, 2.24) is 5.32 Å². The maximum atomic E-state index is 12.2. The number of amides is 1. The summed E-state index contributed by atoms with van der Waals surface area (Å²) in [6, 6.07) is 8.93. The van der Waals surface area contributed by atoms with Gasteiger partial charge in [-0.25, -0.2) is 0 Å². The molecule has 0 saturated carbocycles. The van der Waals surface area contributed by atoms with Crippen molar-refractivity contribution in [2.24, 2.45) is 11.3 Å². The fourth-order valence-corrected chi connectivity index (χ4v) is 1.93. The van der Waals surface area contributed by atoms with Gasteiger partial charge in [-0.15, -0.1) is 0 Å². The van der Waals surface area contributed by atoms with Gasteiger partial charge >= 0.3 is 0 Å². The van der Waals surface area contributed by atoms with Gasteiger partial charge in [-0.05, 0) is 24.5 Å². The summed E-state index contributed by atoms with van der Waals surface area (Å²) < 4.78 is 0. The van der Waals surface area contributed by atoms with Crippen molar-refractivity contribution in [3.05, 3.63) is 35.9 Å². The van der Waals surface area contributed by atoms with E-state index in [1.807, 2.05) is 32.0 Å². The van der Waals surface area contributed by atoms with Crippen molar-refractivity contribution in [2.45, 2.75) is 40.2 Å². The zero-order valence-electron chi connectivity index (χ0n) is 12.1. The molecule has 0 aliphatic carbocycles. The van der Waals surface area contributed by atoms with Crippen molar-refractivity contribution >= 4 is 12.2 Å². The predicted molar refractivity (Wildman–Crippen MR) is 77.0 cm³/mol. The summed E-state index contributed by atoms with van der Waals surface area (Å²) in [6.45, 7) is 7.89. The van der Waals surface area contributed by atoms with E-state index in [2.05, 4.69) is 19.2 Å². The van der Waals surface area contributed by atoms with Crippen LogP contribution in [0.4, 0.5) is 0 Å². The lowest BCUT2D eigenvalue weighted by Crippen LogP contribution is -2.46. The summed E-state index contributed by atoms with van der Waals surface area (Å²) in [4.78, 5) is 23.4. The molecular formula is C16H23NO2. The van der Waals surface area contributed by atoms with Gasteiger partial charge in [0.25, 0.3) is 5.91 Å². The molecule has 19 heavy (non-hydrogen) atoms. The number of carbonyl (C=O) groups is 2. The van der Waals surface area contributed by atoms with Crippen LogP contribution in [0.2, 0.25) is 0 Å². The summed E-state index contributed by atoms with van der Waals surface area (Å²) in [6.07, 6.45) is 1.70. The number of hydrogen-bond acceptors (Lipinski definition) is 2. The zero-order valence-corrected chi connectivity index (χ0v) is 12.1. The average Bonchev–Trinajstić information content (AvgIpc) is 2.38. The van der Waals surface area contributed by atoms with Crippen LogP contribution in [0.25, 0.3) is 0 Å². The highest BCUT2D eigenvalue weighted by Crippen LogP contribution is 2.23. The highest BCUT2D eigenvalue weighted by molar-refractivity contribution is 5.94. The van der Waals surface area contributed by atoms with Crippen LogP contribution < -0.4 is 5.32 Å². The number of hydrogen-bond donors (Lipinski definition) is 1. The van der Waals surface area contributed by atoms with Crippen molar-refractivity contribution in [3.8, 4) is 0 Å². The Morgan fingerprint density at radius 2 is 1.84 bits per heavy atom. The van der Waals surface area contributed by atoms with Crippen LogP contribution in [0.15, 0.2) is 30.3 Å². The van der Waals surface area contributed by atoms with Crippen LogP contribution >= 0.6 is 0 Å². The molecule has 0 spiro atoms. The summed E-state index contributed by atoms with van der Waals surface area (Å²) in [5, 5.41) is 2.99. The minimum Gasteiger partial charge on any atom is -0.348 e. The smallest absolute Gasteiger partial charge is 0.251 e. The fourth-order valence-electron chi connectivity index (χ4n) is 1.93. The molecule has 1 aromatic rings. The Labute approximate surface area is 115 Å². The Balaban J connectivity index is 2.83. The van der Waals surface area contributed by atoms with Gasteiger partial charge in [-0.2, -0.15) is 0 Å². The molecule has 0 radical (unpaired) electrons. The number of carbonyl (C=O) groups excluding carboxylic acids is 2. The molecule has 0 unspecified atom stereocenters. The number of nitrogens with one attached hydrogen (secondary N) is 1. The van der Waals surface area contributed by atoms with Crippen molar-refractivity contribution < 1.29 is 9.59 Å². The molecule has 3 nitrogen and oxygen atoms in total. The topological polar surface area (TPSA) is 46.2 Å². The van der Waals surface area contributed by atoms with Crippen LogP contribution in [0.5, 0.6) is 0 Å². The second-order valence-corrected chi connectivity index (χ2v) is 5.96. The van der Waals surface area contributed by atoms with Crippen LogP contribution in [0.1, 0.15) is 44.5 Å². The third-order valence-corrected chi connectivity index (χ3v) is 3.25. The van der Waals surface area contributed by atoms with E-state index in [1.54, 1.807) is 12.1 Å². The third kappa shape index (κ3) is 4.51. The lowest BCUT2D eigenvalue weighted by molar-refractivity contribution is -0.116. The Bertz CT molecular complexity index is 424. The third-order valence-electron chi connectivity index (χ3n) is 3.25. The molecule has 1 amide bonds. The van der Waals surface area contributed by atoms with Crippen molar-refractivity contribution in [2.75, 3.05) is 0 Å².